The van der Waals surface area contributed by atoms with Gasteiger partial charge in [-0.05, 0) is 19.4 Å². The molecule has 0 bridgehead atoms. The molecule has 2 rings (SSSR count). The van der Waals surface area contributed by atoms with E-state index in [1.807, 2.05) is 13.8 Å². The van der Waals surface area contributed by atoms with E-state index >= 15 is 0 Å². The summed E-state index contributed by atoms with van der Waals surface area (Å²) in [6.45, 7) is 4.31. The fourth-order valence-electron chi connectivity index (χ4n) is 1.52. The van der Waals surface area contributed by atoms with E-state index in [-0.39, 0.29) is 0 Å². The van der Waals surface area contributed by atoms with Crippen molar-refractivity contribution in [2.45, 2.75) is 20.3 Å². The lowest BCUT2D eigenvalue weighted by atomic mass is 10.1. The molecule has 92 valence electrons. The summed E-state index contributed by atoms with van der Waals surface area (Å²) >= 11 is 0. The number of nitrogens with one attached hydrogen (secondary N) is 2. The fraction of sp³-hybridized carbons (Fsp3) is 0.364. The van der Waals surface area contributed by atoms with Gasteiger partial charge in [-0.15, -0.1) is 5.10 Å². The smallest absolute Gasteiger partial charge is 0.166 e. The lowest BCUT2D eigenvalue weighted by molar-refractivity contribution is 0.881. The highest BCUT2D eigenvalue weighted by molar-refractivity contribution is 5.55. The van der Waals surface area contributed by atoms with E-state index in [0.717, 1.165) is 17.1 Å². The molecule has 18 heavy (non-hydrogen) atoms. The number of H-pyrrole nitrogens is 1. The van der Waals surface area contributed by atoms with Crippen molar-refractivity contribution in [3.63, 3.8) is 0 Å². The van der Waals surface area contributed by atoms with E-state index in [9.17, 15) is 0 Å². The number of anilines is 1. The Morgan fingerprint density at radius 2 is 2.22 bits per heavy atom. The van der Waals surface area contributed by atoms with Crippen LogP contribution in [-0.4, -0.2) is 31.9 Å². The molecule has 0 atom stereocenters. The third kappa shape index (κ3) is 2.43. The summed E-state index contributed by atoms with van der Waals surface area (Å²) in [5.41, 5.74) is 2.17. The Balaban J connectivity index is 2.06. The molecule has 0 fully saturated rings. The molecule has 7 heteroatoms. The first-order valence-electron chi connectivity index (χ1n) is 5.54. The Labute approximate surface area is 104 Å². The van der Waals surface area contributed by atoms with Crippen LogP contribution in [0.3, 0.4) is 0 Å². The standard InChI is InChI=1S/C11H13N7/c1-7-8(2)16-18-11(9(7)5-12)13-4-3-10-14-6-15-17-10/h6H,3-4H2,1-2H3,(H,13,18)(H,14,15,17). The van der Waals surface area contributed by atoms with Crippen LogP contribution in [0, 0.1) is 25.2 Å². The molecular weight excluding hydrogens is 230 g/mol. The molecule has 0 saturated heterocycles. The average Bonchev–Trinajstić information content (AvgIpc) is 2.87. The Hall–Kier alpha value is -2.49. The molecule has 0 radical (unpaired) electrons. The first-order valence-corrected chi connectivity index (χ1v) is 5.54. The summed E-state index contributed by atoms with van der Waals surface area (Å²) in [5.74, 6) is 1.30. The first kappa shape index (κ1) is 12.0. The summed E-state index contributed by atoms with van der Waals surface area (Å²) in [4.78, 5) is 4.01. The van der Waals surface area contributed by atoms with E-state index in [4.69, 9.17) is 5.26 Å². The van der Waals surface area contributed by atoms with Gasteiger partial charge in [0.25, 0.3) is 0 Å². The maximum atomic E-state index is 9.12. The second-order valence-electron chi connectivity index (χ2n) is 3.85. The molecule has 2 aromatic heterocycles. The molecule has 2 heterocycles. The van der Waals surface area contributed by atoms with Crippen LogP contribution in [-0.2, 0) is 6.42 Å². The molecular formula is C11H13N7. The van der Waals surface area contributed by atoms with Crippen LogP contribution in [0.5, 0.6) is 0 Å². The average molecular weight is 243 g/mol. The van der Waals surface area contributed by atoms with Crippen LogP contribution < -0.4 is 5.32 Å². The second-order valence-corrected chi connectivity index (χ2v) is 3.85. The largest absolute Gasteiger partial charge is 0.367 e. The Bertz CT molecular complexity index is 568. The minimum absolute atomic E-state index is 0.514. The van der Waals surface area contributed by atoms with Gasteiger partial charge in [-0.2, -0.15) is 15.5 Å². The third-order valence-corrected chi connectivity index (χ3v) is 2.69. The van der Waals surface area contributed by atoms with Crippen LogP contribution in [0.15, 0.2) is 6.33 Å². The first-order chi connectivity index (χ1) is 8.72. The number of nitrogens with zero attached hydrogens (tertiary/aromatic N) is 5. The van der Waals surface area contributed by atoms with Crippen LogP contribution >= 0.6 is 0 Å². The number of nitriles is 1. The van der Waals surface area contributed by atoms with E-state index in [2.05, 4.69) is 36.8 Å². The highest BCUT2D eigenvalue weighted by Gasteiger charge is 2.10. The molecule has 0 aliphatic carbocycles. The molecule has 2 N–H and O–H groups in total. The van der Waals surface area contributed by atoms with Crippen molar-refractivity contribution < 1.29 is 0 Å². The SMILES string of the molecule is Cc1nnc(NCCc2ncn[nH]2)c(C#N)c1C. The van der Waals surface area contributed by atoms with Gasteiger partial charge in [0.15, 0.2) is 5.82 Å². The molecule has 0 spiro atoms. The summed E-state index contributed by atoms with van der Waals surface area (Å²) in [5, 5.41) is 26.7. The maximum absolute atomic E-state index is 9.12. The fourth-order valence-corrected chi connectivity index (χ4v) is 1.52. The summed E-state index contributed by atoms with van der Waals surface area (Å²) in [6.07, 6.45) is 2.14. The molecule has 0 unspecified atom stereocenters. The number of aromatic amines is 1. The van der Waals surface area contributed by atoms with Crippen molar-refractivity contribution in [3.8, 4) is 6.07 Å². The van der Waals surface area contributed by atoms with Crippen molar-refractivity contribution in [1.29, 1.82) is 5.26 Å². The van der Waals surface area contributed by atoms with Gasteiger partial charge in [0, 0.05) is 13.0 Å². The molecule has 0 amide bonds. The minimum Gasteiger partial charge on any atom is -0.367 e. The van der Waals surface area contributed by atoms with Gasteiger partial charge in [0.1, 0.15) is 23.8 Å². The van der Waals surface area contributed by atoms with Crippen LogP contribution in [0.1, 0.15) is 22.6 Å². The highest BCUT2D eigenvalue weighted by atomic mass is 15.2. The van der Waals surface area contributed by atoms with Gasteiger partial charge in [0.2, 0.25) is 0 Å². The zero-order valence-corrected chi connectivity index (χ0v) is 10.2. The van der Waals surface area contributed by atoms with Crippen LogP contribution in [0.4, 0.5) is 5.82 Å². The lowest BCUT2D eigenvalue weighted by Crippen LogP contribution is -2.11. The number of rotatable bonds is 4. The van der Waals surface area contributed by atoms with Gasteiger partial charge in [-0.3, -0.25) is 5.10 Å². The van der Waals surface area contributed by atoms with Gasteiger partial charge >= 0.3 is 0 Å². The molecule has 0 saturated carbocycles. The predicted molar refractivity (Wildman–Crippen MR) is 64.8 cm³/mol. The molecule has 7 nitrogen and oxygen atoms in total. The van der Waals surface area contributed by atoms with Gasteiger partial charge < -0.3 is 5.32 Å². The number of aryl methyl sites for hydroxylation is 1. The second kappa shape index (κ2) is 5.23. The predicted octanol–water partition coefficient (Wildman–Crippen LogP) is 0.738. The molecule has 2 aromatic rings. The lowest BCUT2D eigenvalue weighted by Gasteiger charge is -2.08. The Kier molecular flexibility index (Phi) is 3.48. The Morgan fingerprint density at radius 3 is 2.89 bits per heavy atom. The van der Waals surface area contributed by atoms with E-state index in [0.29, 0.717) is 24.3 Å². The van der Waals surface area contributed by atoms with Crippen molar-refractivity contribution >= 4 is 5.82 Å². The summed E-state index contributed by atoms with van der Waals surface area (Å²) < 4.78 is 0. The van der Waals surface area contributed by atoms with Gasteiger partial charge in [0.05, 0.1) is 5.69 Å². The number of hydrogen-bond acceptors (Lipinski definition) is 6. The highest BCUT2D eigenvalue weighted by Crippen LogP contribution is 2.16. The molecule has 0 aromatic carbocycles. The summed E-state index contributed by atoms with van der Waals surface area (Å²) in [6, 6.07) is 2.15. The zero-order chi connectivity index (χ0) is 13.0. The number of hydrogen-bond donors (Lipinski definition) is 2. The quantitative estimate of drug-likeness (QED) is 0.820. The normalized spacial score (nSPS) is 10.1. The van der Waals surface area contributed by atoms with Gasteiger partial charge in [-0.25, -0.2) is 4.98 Å². The zero-order valence-electron chi connectivity index (χ0n) is 10.2. The van der Waals surface area contributed by atoms with E-state index in [1.54, 1.807) is 0 Å². The van der Waals surface area contributed by atoms with Crippen LogP contribution in [0.25, 0.3) is 0 Å². The maximum Gasteiger partial charge on any atom is 0.166 e. The van der Waals surface area contributed by atoms with E-state index in [1.165, 1.54) is 6.33 Å². The van der Waals surface area contributed by atoms with E-state index < -0.39 is 0 Å². The third-order valence-electron chi connectivity index (χ3n) is 2.69. The summed E-state index contributed by atoms with van der Waals surface area (Å²) in [7, 11) is 0. The van der Waals surface area contributed by atoms with Gasteiger partial charge in [-0.1, -0.05) is 0 Å². The number of aromatic nitrogens is 5. The van der Waals surface area contributed by atoms with Crippen molar-refractivity contribution in [2.24, 2.45) is 0 Å². The van der Waals surface area contributed by atoms with Crippen molar-refractivity contribution in [1.82, 2.24) is 25.4 Å². The molecule has 0 aliphatic heterocycles. The topological polar surface area (TPSA) is 103 Å². The van der Waals surface area contributed by atoms with Crippen molar-refractivity contribution in [2.75, 3.05) is 11.9 Å². The van der Waals surface area contributed by atoms with Crippen molar-refractivity contribution in [3.05, 3.63) is 29.0 Å². The molecule has 0 aliphatic rings. The monoisotopic (exact) mass is 243 g/mol. The van der Waals surface area contributed by atoms with Crippen LogP contribution in [0.2, 0.25) is 0 Å². The minimum atomic E-state index is 0.514. The Morgan fingerprint density at radius 1 is 1.39 bits per heavy atom.